The number of carbonyl (C=O) groups excluding carboxylic acids is 3. The lowest BCUT2D eigenvalue weighted by Crippen LogP contribution is -2.63. The summed E-state index contributed by atoms with van der Waals surface area (Å²) in [7, 11) is -9.71. The van der Waals surface area contributed by atoms with Crippen LogP contribution in [0.25, 0.3) is 0 Å². The first kappa shape index (κ1) is 67.3. The predicted molar refractivity (Wildman–Crippen MR) is 415 cm³/mol. The molecular formula is C87H96O39. The highest BCUT2D eigenvalue weighted by atomic mass is 16.8. The second-order valence-corrected chi connectivity index (χ2v) is 31.9. The first-order valence-electron chi connectivity index (χ1n) is 48.5. The molecule has 0 saturated carbocycles. The zero-order valence-electron chi connectivity index (χ0n) is 83.9. The van der Waals surface area contributed by atoms with Crippen LogP contribution in [0.15, 0.2) is 72.8 Å². The van der Waals surface area contributed by atoms with Gasteiger partial charge in [-0.05, 0) is 144 Å². The molecule has 9 N–H and O–H groups in total. The van der Waals surface area contributed by atoms with Crippen molar-refractivity contribution in [1.29, 1.82) is 0 Å². The number of fused-ring (bicyclic) bond motifs is 12. The minimum atomic E-state index is -3.12. The number of methoxy groups -OCH3 is 6. The van der Waals surface area contributed by atoms with Gasteiger partial charge in [0.1, 0.15) is 73.2 Å². The molecule has 3 aliphatic carbocycles. The molecule has 39 nitrogen and oxygen atoms in total. The molecule has 678 valence electrons. The summed E-state index contributed by atoms with van der Waals surface area (Å²) >= 11 is 0. The van der Waals surface area contributed by atoms with Crippen molar-refractivity contribution in [3.63, 3.8) is 0 Å². The fraction of sp³-hybridized carbons (Fsp3) is 0.552. The number of esters is 3. The third-order valence-electron chi connectivity index (χ3n) is 25.0. The number of cyclic esters (lactones) is 3. The number of rotatable bonds is 15. The van der Waals surface area contributed by atoms with Crippen molar-refractivity contribution in [3.8, 4) is 86.2 Å². The number of ether oxygens (including phenoxy) is 27. The molecule has 9 fully saturated rings. The van der Waals surface area contributed by atoms with Crippen LogP contribution >= 0.6 is 0 Å². The van der Waals surface area contributed by atoms with Gasteiger partial charge in [-0.3, -0.25) is 14.4 Å². The molecule has 0 radical (unpaired) electrons. The molecule has 39 heteroatoms. The number of aliphatic hydroxyl groups is 6. The Hall–Kier alpha value is -9.99. The van der Waals surface area contributed by atoms with Gasteiger partial charge in [0, 0.05) is 36.9 Å². The summed E-state index contributed by atoms with van der Waals surface area (Å²) in [6.07, 6.45) is -24.9. The Kier molecular flexibility index (Phi) is 18.3. The molecule has 6 aromatic rings. The number of phenolic OH excluding ortho intramolecular Hbond substituents is 3. The molecule has 6 aromatic carbocycles. The Morgan fingerprint density at radius 1 is 0.349 bits per heavy atom. The Labute approximate surface area is 742 Å². The van der Waals surface area contributed by atoms with Gasteiger partial charge in [-0.15, -0.1) is 0 Å². The molecule has 15 aliphatic rings. The van der Waals surface area contributed by atoms with Gasteiger partial charge in [-0.1, -0.05) is 0 Å². The van der Waals surface area contributed by atoms with Crippen LogP contribution in [0.5, 0.6) is 86.2 Å². The van der Waals surface area contributed by atoms with Gasteiger partial charge in [0.2, 0.25) is 37.6 Å². The summed E-state index contributed by atoms with van der Waals surface area (Å²) in [5.41, 5.74) is 2.31. The van der Waals surface area contributed by atoms with E-state index in [0.717, 1.165) is 24.3 Å². The maximum absolute atomic E-state index is 13.7. The van der Waals surface area contributed by atoms with Crippen LogP contribution in [0.1, 0.15) is 130 Å². The van der Waals surface area contributed by atoms with Crippen LogP contribution < -0.4 is 56.8 Å². The van der Waals surface area contributed by atoms with Gasteiger partial charge >= 0.3 is 17.9 Å². The van der Waals surface area contributed by atoms with Crippen LogP contribution in [-0.2, 0) is 85.4 Å². The Balaban J connectivity index is 0.000000136. The second kappa shape index (κ2) is 34.2. The van der Waals surface area contributed by atoms with Crippen molar-refractivity contribution >= 4 is 17.9 Å². The smallest absolute Gasteiger partial charge is 0.310 e. The summed E-state index contributed by atoms with van der Waals surface area (Å²) in [4.78, 5) is 40.9. The lowest BCUT2D eigenvalue weighted by atomic mass is 9.66. The Morgan fingerprint density at radius 3 is 0.960 bits per heavy atom. The van der Waals surface area contributed by atoms with Crippen LogP contribution in [0.3, 0.4) is 0 Å². The van der Waals surface area contributed by atoms with E-state index in [1.54, 1.807) is 45.0 Å². The van der Waals surface area contributed by atoms with E-state index in [4.69, 9.17) is 150 Å². The highest BCUT2D eigenvalue weighted by Gasteiger charge is 2.61. The number of hydrogen-bond acceptors (Lipinski definition) is 39. The van der Waals surface area contributed by atoms with Crippen LogP contribution in [0.2, 0.25) is 0 Å². The lowest BCUT2D eigenvalue weighted by Gasteiger charge is -2.47. The van der Waals surface area contributed by atoms with Crippen LogP contribution in [-0.4, -0.2) is 277 Å². The van der Waals surface area contributed by atoms with E-state index < -0.39 is 276 Å². The summed E-state index contributed by atoms with van der Waals surface area (Å²) in [6.45, 7) is -1.03. The van der Waals surface area contributed by atoms with E-state index in [-0.39, 0.29) is 120 Å². The molecule has 21 rings (SSSR count). The maximum atomic E-state index is 13.7. The third-order valence-corrected chi connectivity index (χ3v) is 25.0. The summed E-state index contributed by atoms with van der Waals surface area (Å²) in [5.74, 6) is -18.1. The topological polar surface area (TPSA) is 482 Å². The summed E-state index contributed by atoms with van der Waals surface area (Å²) in [6, 6.07) is 16.7. The number of phenols is 3. The van der Waals surface area contributed by atoms with Gasteiger partial charge < -0.3 is 174 Å². The Bertz CT molecular complexity index is 5530. The van der Waals surface area contributed by atoms with Crippen molar-refractivity contribution in [3.05, 3.63) is 123 Å². The molecule has 0 aromatic heterocycles. The van der Waals surface area contributed by atoms with Gasteiger partial charge in [0.25, 0.3) is 0 Å². The number of carbonyl (C=O) groups is 3. The van der Waals surface area contributed by atoms with E-state index >= 15 is 0 Å². The zero-order chi connectivity index (χ0) is 102. The van der Waals surface area contributed by atoms with Gasteiger partial charge in [-0.2, -0.15) is 0 Å². The van der Waals surface area contributed by atoms with E-state index in [0.29, 0.717) is 28.2 Å². The van der Waals surface area contributed by atoms with Gasteiger partial charge in [-0.25, -0.2) is 0 Å². The molecule has 0 bridgehead atoms. The van der Waals surface area contributed by atoms with Crippen molar-refractivity contribution in [2.45, 2.75) is 168 Å². The molecule has 30 atom stereocenters. The molecule has 9 saturated heterocycles. The molecule has 0 unspecified atom stereocenters. The first-order valence-corrected chi connectivity index (χ1v) is 40.0. The summed E-state index contributed by atoms with van der Waals surface area (Å²) < 4.78 is 287. The van der Waals surface area contributed by atoms with E-state index in [1.807, 2.05) is 0 Å². The minimum Gasteiger partial charge on any atom is -0.502 e. The average molecular weight is 1780 g/mol. The SMILES string of the molecule is [2H]C([2H])([2H])Oc1cc([C@@H]2c3cc4c(cc3[C@@H](O[C@@H]3O[C@@H]5CO[C@@H](C)O[C@H]5[C@H](O)[C@H]3O)[C@@H]3[C@@H]2C(=O)OC3([2H])[2H])OCO4)cc(OC([2H])([2H])[2H])c1O.[2H]C([2H])([2H])Oc1cc([C@@H]2c3cc4c(cc3[C@@H](O[C@@H]3O[C@@H]5CO[C@@H](C)O[C@H]5[C@H](O)[C@H]3O)[C@@H]3[C@@H]2C(=O)OC3([2H])[2H])OCO4)cc(OC([2H])([2H])[2H])c1O.[2H][C@]12C(=O)OC[C@@H]1[C@H](O[C@@H]1O[C@@H]3CO[C@@H](C)O[C@H]3[C@H](O)[C@H]1O)c1cc3c(cc1[C@H]2c1cc(OC)c(O)c(OC)c1)OCO3. The first-order chi connectivity index (χ1) is 67.3. The number of hydrogen-bond donors (Lipinski definition) is 9. The molecule has 0 spiro atoms. The van der Waals surface area contributed by atoms with Crippen LogP contribution in [0.4, 0.5) is 0 Å². The maximum Gasteiger partial charge on any atom is 0.310 e. The fourth-order valence-electron chi connectivity index (χ4n) is 19.1. The zero-order valence-corrected chi connectivity index (χ0v) is 66.9. The molecule has 12 heterocycles. The van der Waals surface area contributed by atoms with Gasteiger partial charge in [0.15, 0.2) is 107 Å². The number of aromatic hydroxyl groups is 3. The normalized spacial score (nSPS) is 40.2. The van der Waals surface area contributed by atoms with E-state index in [9.17, 15) is 61.7 Å². The third kappa shape index (κ3) is 14.8. The largest absolute Gasteiger partial charge is 0.502 e. The number of benzene rings is 6. The quantitative estimate of drug-likeness (QED) is 0.0518. The Morgan fingerprint density at radius 2 is 0.643 bits per heavy atom. The second-order valence-electron chi connectivity index (χ2n) is 31.9. The fourth-order valence-corrected chi connectivity index (χ4v) is 19.1. The van der Waals surface area contributed by atoms with E-state index in [1.165, 1.54) is 38.5 Å². The average Bonchev–Trinajstić information content (AvgIpc) is 1.40. The van der Waals surface area contributed by atoms with Gasteiger partial charge in [0.05, 0.1) is 140 Å². The van der Waals surface area contributed by atoms with Crippen molar-refractivity contribution in [2.75, 3.05) is 102 Å². The van der Waals surface area contributed by atoms with E-state index in [2.05, 4.69) is 0 Å². The molecule has 0 amide bonds. The highest BCUT2D eigenvalue weighted by Crippen LogP contribution is 2.62. The van der Waals surface area contributed by atoms with Crippen molar-refractivity contribution in [1.82, 2.24) is 0 Å². The molecule has 126 heavy (non-hydrogen) atoms. The number of aliphatic hydroxyl groups excluding tert-OH is 6. The highest BCUT2D eigenvalue weighted by molar-refractivity contribution is 5.81. The minimum absolute atomic E-state index is 0.0197. The van der Waals surface area contributed by atoms with Crippen molar-refractivity contribution in [2.24, 2.45) is 35.5 Å². The van der Waals surface area contributed by atoms with Crippen LogP contribution in [0, 0.1) is 35.5 Å². The predicted octanol–water partition coefficient (Wildman–Crippen LogP) is 4.02. The monoisotopic (exact) mass is 1780 g/mol. The lowest BCUT2D eigenvalue weighted by molar-refractivity contribution is -0.364. The standard InChI is InChI=1S/3C29H32O13/c3*1-11-36-9-20-27(40-11)24(31)25(32)29(41-20)42-26-14-7-17-16(38-10-39-17)6-13(14)21(22-15(26)8-37-28(22)33)12-4-18(34-2)23(30)19(5-12)35-3/h3*4-7,11,15,20-22,24-27,29-32H,8-10H2,1-3H3/t3*11-,15+,20-,21-,22+,24-,25-,26-,27-,29+/m111/s1/i2*2D3,3D3,8D2;22D. The van der Waals surface area contributed by atoms with Crippen molar-refractivity contribution < 1.29 is 212 Å². The summed E-state index contributed by atoms with van der Waals surface area (Å²) in [5, 5.41) is 98.4. The molecular weight excluding hydrogens is 1670 g/mol. The molecule has 12 aliphatic heterocycles.